The Balaban J connectivity index is 2.56. The van der Waals surface area contributed by atoms with Crippen LogP contribution in [0, 0.1) is 3.57 Å². The van der Waals surface area contributed by atoms with Gasteiger partial charge in [-0.1, -0.05) is 12.1 Å². The first-order chi connectivity index (χ1) is 7.16. The van der Waals surface area contributed by atoms with E-state index in [9.17, 15) is 8.78 Å². The second-order valence-electron chi connectivity index (χ2n) is 3.00. The van der Waals surface area contributed by atoms with Crippen LogP contribution in [0.5, 0.6) is 5.75 Å². The Kier molecular flexibility index (Phi) is 3.04. The topological polar surface area (TPSA) is 9.23 Å². The van der Waals surface area contributed by atoms with Crippen LogP contribution in [0.3, 0.4) is 0 Å². The van der Waals surface area contributed by atoms with E-state index in [1.165, 1.54) is 0 Å². The van der Waals surface area contributed by atoms with Crippen LogP contribution in [0.15, 0.2) is 36.4 Å². The van der Waals surface area contributed by atoms with Crippen molar-refractivity contribution in [1.29, 1.82) is 0 Å². The summed E-state index contributed by atoms with van der Waals surface area (Å²) in [5, 5.41) is 1.61. The molecule has 0 fully saturated rings. The van der Waals surface area contributed by atoms with Gasteiger partial charge in [0.25, 0.3) is 0 Å². The van der Waals surface area contributed by atoms with Gasteiger partial charge in [0.1, 0.15) is 5.75 Å². The fourth-order valence-corrected chi connectivity index (χ4v) is 1.94. The van der Waals surface area contributed by atoms with Crippen molar-refractivity contribution in [2.24, 2.45) is 0 Å². The summed E-state index contributed by atoms with van der Waals surface area (Å²) < 4.78 is 29.7. The standard InChI is InChI=1S/C11H7F2IO/c12-11(13)15-10-3-1-2-7-6-8(14)4-5-9(7)10/h1-6,11H. The summed E-state index contributed by atoms with van der Waals surface area (Å²) in [5.74, 6) is 0.221. The molecule has 2 aromatic carbocycles. The minimum absolute atomic E-state index is 0.221. The van der Waals surface area contributed by atoms with Gasteiger partial charge in [0, 0.05) is 8.96 Å². The van der Waals surface area contributed by atoms with Crippen molar-refractivity contribution in [3.63, 3.8) is 0 Å². The van der Waals surface area contributed by atoms with E-state index < -0.39 is 6.61 Å². The van der Waals surface area contributed by atoms with Crippen molar-refractivity contribution in [2.75, 3.05) is 0 Å². The zero-order chi connectivity index (χ0) is 10.8. The van der Waals surface area contributed by atoms with Crippen molar-refractivity contribution >= 4 is 33.4 Å². The van der Waals surface area contributed by atoms with Gasteiger partial charge in [-0.25, -0.2) is 0 Å². The number of alkyl halides is 2. The SMILES string of the molecule is FC(F)Oc1cccc2cc(I)ccc12. The Morgan fingerprint density at radius 2 is 1.93 bits per heavy atom. The van der Waals surface area contributed by atoms with E-state index in [-0.39, 0.29) is 5.75 Å². The molecular weight excluding hydrogens is 313 g/mol. The minimum Gasteiger partial charge on any atom is -0.434 e. The Bertz CT molecular complexity index is 485. The van der Waals surface area contributed by atoms with Gasteiger partial charge in [-0.15, -0.1) is 0 Å². The maximum absolute atomic E-state index is 12.1. The van der Waals surface area contributed by atoms with Crippen molar-refractivity contribution in [1.82, 2.24) is 0 Å². The molecule has 0 aliphatic heterocycles. The molecule has 0 aliphatic rings. The van der Waals surface area contributed by atoms with Gasteiger partial charge in [-0.05, 0) is 52.2 Å². The number of ether oxygens (including phenoxy) is 1. The molecule has 0 saturated heterocycles. The number of halogens is 3. The highest BCUT2D eigenvalue weighted by Crippen LogP contribution is 2.27. The Labute approximate surface area is 99.2 Å². The average molecular weight is 320 g/mol. The third kappa shape index (κ3) is 2.37. The van der Waals surface area contributed by atoms with E-state index in [4.69, 9.17) is 0 Å². The third-order valence-corrected chi connectivity index (χ3v) is 2.69. The molecule has 0 aliphatic carbocycles. The fourth-order valence-electron chi connectivity index (χ4n) is 1.42. The highest BCUT2D eigenvalue weighted by Gasteiger charge is 2.07. The molecule has 0 saturated carbocycles. The van der Waals surface area contributed by atoms with Gasteiger partial charge in [0.15, 0.2) is 0 Å². The summed E-state index contributed by atoms with van der Waals surface area (Å²) in [6, 6.07) is 10.7. The lowest BCUT2D eigenvalue weighted by Gasteiger charge is -2.07. The maximum Gasteiger partial charge on any atom is 0.387 e. The number of benzene rings is 2. The molecule has 15 heavy (non-hydrogen) atoms. The summed E-state index contributed by atoms with van der Waals surface area (Å²) in [5.41, 5.74) is 0. The normalized spacial score (nSPS) is 10.9. The molecule has 2 aromatic rings. The van der Waals surface area contributed by atoms with E-state index in [1.807, 2.05) is 18.2 Å². The molecule has 2 rings (SSSR count). The Hall–Kier alpha value is -0.910. The molecule has 0 atom stereocenters. The van der Waals surface area contributed by atoms with Crippen LogP contribution in [0.25, 0.3) is 10.8 Å². The molecule has 0 heterocycles. The number of hydrogen-bond donors (Lipinski definition) is 0. The van der Waals surface area contributed by atoms with Crippen molar-refractivity contribution in [2.45, 2.75) is 6.61 Å². The molecule has 1 nitrogen and oxygen atoms in total. The van der Waals surface area contributed by atoms with Crippen LogP contribution in [0.2, 0.25) is 0 Å². The van der Waals surface area contributed by atoms with Crippen molar-refractivity contribution in [3.8, 4) is 5.75 Å². The van der Waals surface area contributed by atoms with E-state index in [2.05, 4.69) is 27.3 Å². The highest BCUT2D eigenvalue weighted by atomic mass is 127. The molecule has 4 heteroatoms. The second-order valence-corrected chi connectivity index (χ2v) is 4.25. The monoisotopic (exact) mass is 320 g/mol. The van der Waals surface area contributed by atoms with Crippen LogP contribution >= 0.6 is 22.6 Å². The third-order valence-electron chi connectivity index (χ3n) is 2.02. The number of hydrogen-bond acceptors (Lipinski definition) is 1. The Morgan fingerprint density at radius 1 is 1.13 bits per heavy atom. The molecule has 0 N–H and O–H groups in total. The molecular formula is C11H7F2IO. The Morgan fingerprint density at radius 3 is 2.67 bits per heavy atom. The molecule has 0 amide bonds. The van der Waals surface area contributed by atoms with E-state index >= 15 is 0 Å². The first kappa shape index (κ1) is 10.6. The molecule has 0 aromatic heterocycles. The van der Waals surface area contributed by atoms with Gasteiger partial charge >= 0.3 is 6.61 Å². The van der Waals surface area contributed by atoms with Crippen LogP contribution in [0.4, 0.5) is 8.78 Å². The smallest absolute Gasteiger partial charge is 0.387 e. The zero-order valence-corrected chi connectivity index (χ0v) is 9.74. The van der Waals surface area contributed by atoms with E-state index in [0.29, 0.717) is 5.39 Å². The van der Waals surface area contributed by atoms with E-state index in [0.717, 1.165) is 8.96 Å². The predicted molar refractivity (Wildman–Crippen MR) is 63.3 cm³/mol. The maximum atomic E-state index is 12.1. The first-order valence-corrected chi connectivity index (χ1v) is 5.38. The molecule has 0 spiro atoms. The quantitative estimate of drug-likeness (QED) is 0.759. The van der Waals surface area contributed by atoms with Gasteiger partial charge in [-0.3, -0.25) is 0 Å². The first-order valence-electron chi connectivity index (χ1n) is 4.30. The number of rotatable bonds is 2. The van der Waals surface area contributed by atoms with Crippen LogP contribution < -0.4 is 4.74 Å². The lowest BCUT2D eigenvalue weighted by atomic mass is 10.1. The van der Waals surface area contributed by atoms with Crippen molar-refractivity contribution in [3.05, 3.63) is 40.0 Å². The van der Waals surface area contributed by atoms with Crippen LogP contribution in [-0.4, -0.2) is 6.61 Å². The molecule has 0 radical (unpaired) electrons. The average Bonchev–Trinajstić information content (AvgIpc) is 2.16. The van der Waals surface area contributed by atoms with E-state index in [1.54, 1.807) is 18.2 Å². The van der Waals surface area contributed by atoms with Gasteiger partial charge in [-0.2, -0.15) is 8.78 Å². The summed E-state index contributed by atoms with van der Waals surface area (Å²) in [6.07, 6.45) is 0. The van der Waals surface area contributed by atoms with Gasteiger partial charge < -0.3 is 4.74 Å². The van der Waals surface area contributed by atoms with Crippen LogP contribution in [-0.2, 0) is 0 Å². The zero-order valence-electron chi connectivity index (χ0n) is 7.58. The lowest BCUT2D eigenvalue weighted by Crippen LogP contribution is -2.02. The van der Waals surface area contributed by atoms with Gasteiger partial charge in [0.05, 0.1) is 0 Å². The molecule has 78 valence electrons. The summed E-state index contributed by atoms with van der Waals surface area (Å²) >= 11 is 2.18. The second kappa shape index (κ2) is 4.30. The van der Waals surface area contributed by atoms with Crippen LogP contribution in [0.1, 0.15) is 0 Å². The minimum atomic E-state index is -2.78. The largest absolute Gasteiger partial charge is 0.434 e. The van der Waals surface area contributed by atoms with Crippen molar-refractivity contribution < 1.29 is 13.5 Å². The summed E-state index contributed by atoms with van der Waals surface area (Å²) in [6.45, 7) is -2.78. The molecule has 0 unspecified atom stereocenters. The predicted octanol–water partition coefficient (Wildman–Crippen LogP) is 4.05. The lowest BCUT2D eigenvalue weighted by molar-refractivity contribution is -0.0487. The number of fused-ring (bicyclic) bond motifs is 1. The summed E-state index contributed by atoms with van der Waals surface area (Å²) in [7, 11) is 0. The summed E-state index contributed by atoms with van der Waals surface area (Å²) in [4.78, 5) is 0. The van der Waals surface area contributed by atoms with Gasteiger partial charge in [0.2, 0.25) is 0 Å². The highest BCUT2D eigenvalue weighted by molar-refractivity contribution is 14.1. The fraction of sp³-hybridized carbons (Fsp3) is 0.0909. The molecule has 0 bridgehead atoms.